The molecule has 56 valence electrons. The number of hydrogen-bond donors (Lipinski definition) is 2. The zero-order chi connectivity index (χ0) is 7.78. The van der Waals surface area contributed by atoms with Gasteiger partial charge in [-0.25, -0.2) is 0 Å². The van der Waals surface area contributed by atoms with Gasteiger partial charge in [-0.15, -0.1) is 0 Å². The number of hydrogen-bond acceptors (Lipinski definition) is 2. The average Bonchev–Trinajstić information content (AvgIpc) is 1.78. The topological polar surface area (TPSA) is 40.5 Å². The van der Waals surface area contributed by atoms with Crippen LogP contribution in [0.4, 0.5) is 0 Å². The fourth-order valence-electron chi connectivity index (χ4n) is 0.649. The van der Waals surface area contributed by atoms with Gasteiger partial charge in [0.25, 0.3) is 0 Å². The summed E-state index contributed by atoms with van der Waals surface area (Å²) in [4.78, 5) is 0. The lowest BCUT2D eigenvalue weighted by molar-refractivity contribution is 0.213. The van der Waals surface area contributed by atoms with E-state index >= 15 is 0 Å². The van der Waals surface area contributed by atoms with E-state index in [1.54, 1.807) is 0 Å². The molecule has 0 fully saturated rings. The van der Waals surface area contributed by atoms with Crippen LogP contribution in [0.5, 0.6) is 0 Å². The molecule has 2 nitrogen and oxygen atoms in total. The van der Waals surface area contributed by atoms with Crippen molar-refractivity contribution in [2.45, 2.75) is 10.4 Å². The summed E-state index contributed by atoms with van der Waals surface area (Å²) >= 11 is 11.1. The molecule has 1 aliphatic rings. The van der Waals surface area contributed by atoms with E-state index in [4.69, 9.17) is 33.4 Å². The maximum Gasteiger partial charge on any atom is 0.169 e. The lowest BCUT2D eigenvalue weighted by Crippen LogP contribution is -2.29. The molecule has 0 bridgehead atoms. The number of rotatable bonds is 0. The van der Waals surface area contributed by atoms with Crippen LogP contribution >= 0.6 is 23.2 Å². The molecule has 0 aliphatic heterocycles. The second-order valence-electron chi connectivity index (χ2n) is 2.05. The number of allylic oxidation sites excluding steroid dienone is 1. The van der Waals surface area contributed by atoms with Gasteiger partial charge in [0.15, 0.2) is 4.33 Å². The molecule has 0 saturated heterocycles. The highest BCUT2D eigenvalue weighted by molar-refractivity contribution is 6.50. The monoisotopic (exact) mass is 180 g/mol. The molecule has 1 unspecified atom stereocenters. The molecule has 0 heterocycles. The van der Waals surface area contributed by atoms with E-state index in [2.05, 4.69) is 0 Å². The van der Waals surface area contributed by atoms with Gasteiger partial charge in [0, 0.05) is 0 Å². The summed E-state index contributed by atoms with van der Waals surface area (Å²) < 4.78 is -1.39. The minimum Gasteiger partial charge on any atom is -0.508 e. The largest absolute Gasteiger partial charge is 0.508 e. The zero-order valence-corrected chi connectivity index (χ0v) is 6.47. The fraction of sp³-hybridized carbons (Fsp3) is 0.333. The lowest BCUT2D eigenvalue weighted by atomic mass is 10.1. The Morgan fingerprint density at radius 2 is 2.10 bits per heavy atom. The number of halogens is 2. The normalized spacial score (nSPS) is 29.9. The SMILES string of the molecule is OC1=CC(Cl)(Cl)C(O)C=C1. The first-order valence-corrected chi connectivity index (χ1v) is 3.44. The van der Waals surface area contributed by atoms with Crippen molar-refractivity contribution in [3.05, 3.63) is 24.0 Å². The Morgan fingerprint density at radius 1 is 1.50 bits per heavy atom. The second-order valence-corrected chi connectivity index (χ2v) is 3.49. The maximum atomic E-state index is 9.05. The van der Waals surface area contributed by atoms with Crippen molar-refractivity contribution in [2.24, 2.45) is 0 Å². The molecule has 0 aromatic carbocycles. The molecule has 0 aromatic rings. The van der Waals surface area contributed by atoms with Crippen molar-refractivity contribution in [2.75, 3.05) is 0 Å². The molecule has 1 rings (SSSR count). The Kier molecular flexibility index (Phi) is 1.95. The predicted molar refractivity (Wildman–Crippen MR) is 40.3 cm³/mol. The van der Waals surface area contributed by atoms with E-state index in [0.717, 1.165) is 0 Å². The third-order valence-corrected chi connectivity index (χ3v) is 1.85. The van der Waals surface area contributed by atoms with Gasteiger partial charge in [-0.2, -0.15) is 0 Å². The molecule has 0 spiro atoms. The Morgan fingerprint density at radius 3 is 2.50 bits per heavy atom. The Balaban J connectivity index is 2.88. The highest BCUT2D eigenvalue weighted by Gasteiger charge is 2.32. The molecule has 0 saturated carbocycles. The van der Waals surface area contributed by atoms with E-state index in [9.17, 15) is 0 Å². The van der Waals surface area contributed by atoms with Crippen LogP contribution in [0.3, 0.4) is 0 Å². The quantitative estimate of drug-likeness (QED) is 0.556. The van der Waals surface area contributed by atoms with E-state index in [0.29, 0.717) is 0 Å². The van der Waals surface area contributed by atoms with Crippen molar-refractivity contribution in [1.29, 1.82) is 0 Å². The first kappa shape index (κ1) is 7.92. The van der Waals surface area contributed by atoms with Crippen molar-refractivity contribution < 1.29 is 10.2 Å². The molecule has 1 aliphatic carbocycles. The molecule has 0 radical (unpaired) electrons. The Labute approximate surface area is 68.4 Å². The highest BCUT2D eigenvalue weighted by atomic mass is 35.5. The third-order valence-electron chi connectivity index (χ3n) is 1.18. The summed E-state index contributed by atoms with van der Waals surface area (Å²) in [6.07, 6.45) is 2.90. The van der Waals surface area contributed by atoms with Gasteiger partial charge < -0.3 is 10.2 Å². The van der Waals surface area contributed by atoms with Gasteiger partial charge in [0.2, 0.25) is 0 Å². The van der Waals surface area contributed by atoms with Crippen LogP contribution in [-0.4, -0.2) is 20.7 Å². The summed E-state index contributed by atoms with van der Waals surface area (Å²) in [6, 6.07) is 0. The summed E-state index contributed by atoms with van der Waals surface area (Å²) in [7, 11) is 0. The van der Waals surface area contributed by atoms with Gasteiger partial charge in [0.05, 0.1) is 0 Å². The molecule has 0 amide bonds. The first-order chi connectivity index (χ1) is 4.52. The van der Waals surface area contributed by atoms with Crippen molar-refractivity contribution in [1.82, 2.24) is 0 Å². The van der Waals surface area contributed by atoms with E-state index in [1.165, 1.54) is 18.2 Å². The summed E-state index contributed by atoms with van der Waals surface area (Å²) in [5.41, 5.74) is 0. The molecule has 4 heteroatoms. The molecule has 10 heavy (non-hydrogen) atoms. The molecule has 1 atom stereocenters. The highest BCUT2D eigenvalue weighted by Crippen LogP contribution is 2.31. The van der Waals surface area contributed by atoms with Crippen LogP contribution < -0.4 is 0 Å². The molecular weight excluding hydrogens is 175 g/mol. The van der Waals surface area contributed by atoms with E-state index < -0.39 is 10.4 Å². The summed E-state index contributed by atoms with van der Waals surface area (Å²) in [6.45, 7) is 0. The van der Waals surface area contributed by atoms with E-state index in [-0.39, 0.29) is 5.76 Å². The van der Waals surface area contributed by atoms with Gasteiger partial charge in [0.1, 0.15) is 11.9 Å². The van der Waals surface area contributed by atoms with Crippen LogP contribution in [-0.2, 0) is 0 Å². The predicted octanol–water partition coefficient (Wildman–Crippen LogP) is 1.53. The van der Waals surface area contributed by atoms with Crippen LogP contribution in [0, 0.1) is 0 Å². The molecular formula is C6H6Cl2O2. The maximum absolute atomic E-state index is 9.05. The van der Waals surface area contributed by atoms with Gasteiger partial charge >= 0.3 is 0 Å². The Bertz CT molecular complexity index is 196. The van der Waals surface area contributed by atoms with Gasteiger partial charge in [-0.05, 0) is 18.2 Å². The number of alkyl halides is 2. The molecule has 0 aromatic heterocycles. The smallest absolute Gasteiger partial charge is 0.169 e. The fourth-order valence-corrected chi connectivity index (χ4v) is 1.02. The second kappa shape index (κ2) is 2.46. The van der Waals surface area contributed by atoms with Crippen molar-refractivity contribution in [3.8, 4) is 0 Å². The van der Waals surface area contributed by atoms with Crippen LogP contribution in [0.25, 0.3) is 0 Å². The third kappa shape index (κ3) is 1.45. The van der Waals surface area contributed by atoms with E-state index in [1.807, 2.05) is 0 Å². The molecule has 2 N–H and O–H groups in total. The summed E-state index contributed by atoms with van der Waals surface area (Å²) in [5, 5.41) is 17.9. The number of aliphatic hydroxyl groups is 2. The standard InChI is InChI=1S/C6H6Cl2O2/c7-6(8)3-4(9)1-2-5(6)10/h1-3,5,9-10H. The lowest BCUT2D eigenvalue weighted by Gasteiger charge is -2.22. The van der Waals surface area contributed by atoms with Crippen molar-refractivity contribution in [3.63, 3.8) is 0 Å². The van der Waals surface area contributed by atoms with Gasteiger partial charge in [-0.3, -0.25) is 0 Å². The average molecular weight is 181 g/mol. The Hall–Kier alpha value is -0.180. The zero-order valence-electron chi connectivity index (χ0n) is 4.96. The number of aliphatic hydroxyl groups excluding tert-OH is 2. The van der Waals surface area contributed by atoms with Crippen LogP contribution in [0.15, 0.2) is 24.0 Å². The summed E-state index contributed by atoms with van der Waals surface area (Å²) in [5.74, 6) is -0.0321. The van der Waals surface area contributed by atoms with Crippen LogP contribution in [0.1, 0.15) is 0 Å². The first-order valence-electron chi connectivity index (χ1n) is 2.68. The minimum atomic E-state index is -1.39. The van der Waals surface area contributed by atoms with Crippen LogP contribution in [0.2, 0.25) is 0 Å². The van der Waals surface area contributed by atoms with Crippen molar-refractivity contribution >= 4 is 23.2 Å². The van der Waals surface area contributed by atoms with Gasteiger partial charge in [-0.1, -0.05) is 23.2 Å². The minimum absolute atomic E-state index is 0.0321.